The van der Waals surface area contributed by atoms with E-state index in [1.54, 1.807) is 0 Å². The Morgan fingerprint density at radius 1 is 1.47 bits per heavy atom. The molecule has 0 atom stereocenters. The second-order valence-electron chi connectivity index (χ2n) is 3.55. The average Bonchev–Trinajstić information content (AvgIpc) is 2.76. The lowest BCUT2D eigenvalue weighted by molar-refractivity contribution is -0.894. The molecule has 96 valence electrons. The number of rotatable bonds is 6. The number of aliphatic imine (C=N–C) groups is 1. The number of nitrogen functional groups attached to an aromatic ring is 1. The number of likely N-dealkylation sites (N-methyl/N-ethyl adjacent to an activating group) is 1. The van der Waals surface area contributed by atoms with Gasteiger partial charge in [0.05, 0.1) is 26.2 Å². The molecule has 0 aliphatic carbocycles. The summed E-state index contributed by atoms with van der Waals surface area (Å²) < 4.78 is 4.44. The van der Waals surface area contributed by atoms with Gasteiger partial charge in [0.2, 0.25) is 0 Å². The highest BCUT2D eigenvalue weighted by atomic mass is 16.6. The van der Waals surface area contributed by atoms with Crippen molar-refractivity contribution in [3.63, 3.8) is 0 Å². The molecule has 5 N–H and O–H groups in total. The normalized spacial score (nSPS) is 12.1. The molecule has 0 unspecified atom stereocenters. The number of hydrogen-bond donors (Lipinski definition) is 4. The highest BCUT2D eigenvalue weighted by molar-refractivity contribution is 5.99. The van der Waals surface area contributed by atoms with Crippen molar-refractivity contribution in [3.8, 4) is 0 Å². The standard InChI is InChI=1S/C9H18N6O2/c1-3-15(4-2)6-5-11-9(12-16)7-8(10)14-17-13-7/h16H,3-6H2,1-2H3,(H2,10,14)(H,11,12)/p+1. The molecule has 1 rings (SSSR count). The van der Waals surface area contributed by atoms with E-state index in [1.165, 1.54) is 4.90 Å². The number of hydroxylamine groups is 1. The Bertz CT molecular complexity index is 360. The number of hydrogen-bond acceptors (Lipinski definition) is 6. The van der Waals surface area contributed by atoms with Gasteiger partial charge in [-0.3, -0.25) is 15.7 Å². The molecule has 0 bridgehead atoms. The van der Waals surface area contributed by atoms with Gasteiger partial charge in [-0.25, -0.2) is 4.63 Å². The molecule has 0 amide bonds. The van der Waals surface area contributed by atoms with Crippen molar-refractivity contribution in [2.24, 2.45) is 4.99 Å². The molecule has 8 nitrogen and oxygen atoms in total. The molecule has 0 radical (unpaired) electrons. The fraction of sp³-hybridized carbons (Fsp3) is 0.667. The number of amidine groups is 1. The van der Waals surface area contributed by atoms with Gasteiger partial charge in [0.1, 0.15) is 0 Å². The summed E-state index contributed by atoms with van der Waals surface area (Å²) >= 11 is 0. The summed E-state index contributed by atoms with van der Waals surface area (Å²) in [5.41, 5.74) is 7.67. The van der Waals surface area contributed by atoms with Crippen LogP contribution in [0.5, 0.6) is 0 Å². The first kappa shape index (κ1) is 13.4. The minimum absolute atomic E-state index is 0.0977. The monoisotopic (exact) mass is 243 g/mol. The SMILES string of the molecule is CC[NH+](CC)CCN=C(NO)c1nonc1N. The summed E-state index contributed by atoms with van der Waals surface area (Å²) in [5, 5.41) is 15.9. The minimum atomic E-state index is 0.0977. The first-order valence-electron chi connectivity index (χ1n) is 5.59. The van der Waals surface area contributed by atoms with E-state index in [0.29, 0.717) is 6.54 Å². The van der Waals surface area contributed by atoms with Gasteiger partial charge in [0.25, 0.3) is 0 Å². The Balaban J connectivity index is 2.59. The zero-order valence-corrected chi connectivity index (χ0v) is 10.1. The lowest BCUT2D eigenvalue weighted by Gasteiger charge is -2.13. The Kier molecular flexibility index (Phi) is 5.37. The van der Waals surface area contributed by atoms with Crippen molar-refractivity contribution in [2.75, 3.05) is 31.9 Å². The highest BCUT2D eigenvalue weighted by Gasteiger charge is 2.13. The highest BCUT2D eigenvalue weighted by Crippen LogP contribution is 2.03. The molecular weight excluding hydrogens is 224 g/mol. The van der Waals surface area contributed by atoms with Crippen molar-refractivity contribution in [2.45, 2.75) is 13.8 Å². The van der Waals surface area contributed by atoms with E-state index >= 15 is 0 Å². The Hall–Kier alpha value is -1.67. The summed E-state index contributed by atoms with van der Waals surface area (Å²) in [5.74, 6) is 0.274. The summed E-state index contributed by atoms with van der Waals surface area (Å²) in [6.07, 6.45) is 0. The number of nitrogens with one attached hydrogen (secondary N) is 2. The van der Waals surface area contributed by atoms with Crippen LogP contribution in [-0.4, -0.2) is 47.5 Å². The van der Waals surface area contributed by atoms with E-state index in [4.69, 9.17) is 10.9 Å². The number of quaternary nitrogens is 1. The molecule has 0 aromatic carbocycles. The molecule has 0 saturated carbocycles. The van der Waals surface area contributed by atoms with Gasteiger partial charge >= 0.3 is 0 Å². The number of nitrogens with zero attached hydrogens (tertiary/aromatic N) is 3. The first-order valence-corrected chi connectivity index (χ1v) is 5.59. The second-order valence-corrected chi connectivity index (χ2v) is 3.55. The Morgan fingerprint density at radius 3 is 2.65 bits per heavy atom. The van der Waals surface area contributed by atoms with Crippen LogP contribution in [0, 0.1) is 0 Å². The van der Waals surface area contributed by atoms with Crippen molar-refractivity contribution >= 4 is 11.7 Å². The van der Waals surface area contributed by atoms with Crippen LogP contribution in [0.2, 0.25) is 0 Å². The first-order chi connectivity index (χ1) is 8.22. The minimum Gasteiger partial charge on any atom is -0.379 e. The van der Waals surface area contributed by atoms with E-state index in [0.717, 1.165) is 19.6 Å². The Morgan fingerprint density at radius 2 is 2.18 bits per heavy atom. The second kappa shape index (κ2) is 6.81. The molecule has 0 fully saturated rings. The third-order valence-corrected chi connectivity index (χ3v) is 2.58. The van der Waals surface area contributed by atoms with Crippen LogP contribution in [0.25, 0.3) is 0 Å². The van der Waals surface area contributed by atoms with Gasteiger partial charge in [-0.2, -0.15) is 0 Å². The molecular formula is C9H19N6O2+. The summed E-state index contributed by atoms with van der Waals surface area (Å²) in [4.78, 5) is 5.60. The van der Waals surface area contributed by atoms with E-state index in [1.807, 2.05) is 5.48 Å². The summed E-state index contributed by atoms with van der Waals surface area (Å²) in [6.45, 7) is 7.76. The van der Waals surface area contributed by atoms with E-state index in [2.05, 4.69) is 33.8 Å². The number of anilines is 1. The largest absolute Gasteiger partial charge is 0.379 e. The molecule has 1 heterocycles. The van der Waals surface area contributed by atoms with Crippen LogP contribution in [0.15, 0.2) is 9.62 Å². The number of aromatic nitrogens is 2. The van der Waals surface area contributed by atoms with Crippen molar-refractivity contribution < 1.29 is 14.7 Å². The van der Waals surface area contributed by atoms with Gasteiger partial charge in [-0.05, 0) is 24.2 Å². The molecule has 1 aromatic heterocycles. The van der Waals surface area contributed by atoms with Crippen LogP contribution in [0.3, 0.4) is 0 Å². The maximum absolute atomic E-state index is 8.95. The molecule has 1 aromatic rings. The van der Waals surface area contributed by atoms with Crippen LogP contribution in [-0.2, 0) is 0 Å². The van der Waals surface area contributed by atoms with E-state index in [9.17, 15) is 0 Å². The van der Waals surface area contributed by atoms with Crippen molar-refractivity contribution in [1.29, 1.82) is 0 Å². The smallest absolute Gasteiger partial charge is 0.199 e. The zero-order valence-electron chi connectivity index (χ0n) is 10.1. The van der Waals surface area contributed by atoms with Crippen LogP contribution in [0.1, 0.15) is 19.5 Å². The topological polar surface area (TPSA) is 114 Å². The average molecular weight is 243 g/mol. The molecule has 17 heavy (non-hydrogen) atoms. The maximum atomic E-state index is 8.95. The third kappa shape index (κ3) is 3.68. The summed E-state index contributed by atoms with van der Waals surface area (Å²) in [6, 6.07) is 0. The molecule has 8 heteroatoms. The quantitative estimate of drug-likeness (QED) is 0.269. The molecule has 0 spiro atoms. The Labute approximate surface area is 99.4 Å². The predicted molar refractivity (Wildman–Crippen MR) is 61.9 cm³/mol. The van der Waals surface area contributed by atoms with Crippen molar-refractivity contribution in [3.05, 3.63) is 5.69 Å². The van der Waals surface area contributed by atoms with E-state index in [-0.39, 0.29) is 17.3 Å². The third-order valence-electron chi connectivity index (χ3n) is 2.58. The summed E-state index contributed by atoms with van der Waals surface area (Å²) in [7, 11) is 0. The molecule has 0 aliphatic rings. The molecule has 0 aliphatic heterocycles. The fourth-order valence-corrected chi connectivity index (χ4v) is 1.45. The molecule has 0 saturated heterocycles. The lowest BCUT2D eigenvalue weighted by atomic mass is 10.4. The zero-order chi connectivity index (χ0) is 12.7. The van der Waals surface area contributed by atoms with Crippen molar-refractivity contribution in [1.82, 2.24) is 15.8 Å². The lowest BCUT2D eigenvalue weighted by Crippen LogP contribution is -3.11. The van der Waals surface area contributed by atoms with Gasteiger partial charge in [-0.1, -0.05) is 0 Å². The van der Waals surface area contributed by atoms with Gasteiger partial charge < -0.3 is 10.6 Å². The van der Waals surface area contributed by atoms with Crippen LogP contribution < -0.4 is 16.1 Å². The predicted octanol–water partition coefficient (Wildman–Crippen LogP) is -1.70. The fourth-order valence-electron chi connectivity index (χ4n) is 1.45. The van der Waals surface area contributed by atoms with E-state index < -0.39 is 0 Å². The van der Waals surface area contributed by atoms with Crippen LogP contribution >= 0.6 is 0 Å². The maximum Gasteiger partial charge on any atom is 0.199 e. The van der Waals surface area contributed by atoms with Gasteiger partial charge in [0.15, 0.2) is 17.3 Å². The van der Waals surface area contributed by atoms with Gasteiger partial charge in [-0.15, -0.1) is 0 Å². The number of nitrogens with two attached hydrogens (primary N) is 1. The van der Waals surface area contributed by atoms with Crippen LogP contribution in [0.4, 0.5) is 5.82 Å². The van der Waals surface area contributed by atoms with Gasteiger partial charge in [0, 0.05) is 0 Å².